The zero-order valence-corrected chi connectivity index (χ0v) is 11.1. The molecule has 106 valence electrons. The van der Waals surface area contributed by atoms with Gasteiger partial charge >= 0.3 is 5.97 Å². The number of aryl methyl sites for hydroxylation is 1. The first-order valence-electron chi connectivity index (χ1n) is 6.19. The summed E-state index contributed by atoms with van der Waals surface area (Å²) in [7, 11) is 1.89. The number of carboxylic acid groups (broad SMARTS) is 1. The molecule has 1 amide bonds. The Morgan fingerprint density at radius 2 is 2.20 bits per heavy atom. The number of imidazole rings is 1. The van der Waals surface area contributed by atoms with Crippen molar-refractivity contribution in [1.82, 2.24) is 19.4 Å². The molecule has 0 aliphatic carbocycles. The van der Waals surface area contributed by atoms with Gasteiger partial charge in [-0.1, -0.05) is 0 Å². The summed E-state index contributed by atoms with van der Waals surface area (Å²) in [5, 5.41) is 11.7. The van der Waals surface area contributed by atoms with E-state index in [1.165, 1.54) is 10.6 Å². The first-order valence-corrected chi connectivity index (χ1v) is 6.19. The lowest BCUT2D eigenvalue weighted by atomic mass is 10.4. The SMILES string of the molecule is Cn1ccnc1CCNC(=O)Cn1cccc1C(=O)O. The number of aromatic carboxylic acids is 1. The topological polar surface area (TPSA) is 89.2 Å². The van der Waals surface area contributed by atoms with Gasteiger partial charge in [0, 0.05) is 38.6 Å². The molecular weight excluding hydrogens is 260 g/mol. The molecule has 0 atom stereocenters. The van der Waals surface area contributed by atoms with Crippen molar-refractivity contribution in [2.75, 3.05) is 6.54 Å². The highest BCUT2D eigenvalue weighted by molar-refractivity contribution is 5.86. The van der Waals surface area contributed by atoms with Gasteiger partial charge in [0.15, 0.2) is 0 Å². The lowest BCUT2D eigenvalue weighted by Gasteiger charge is -2.08. The highest BCUT2D eigenvalue weighted by Gasteiger charge is 2.11. The Morgan fingerprint density at radius 3 is 2.85 bits per heavy atom. The van der Waals surface area contributed by atoms with E-state index in [-0.39, 0.29) is 18.1 Å². The minimum Gasteiger partial charge on any atom is -0.477 e. The average molecular weight is 276 g/mol. The third-order valence-corrected chi connectivity index (χ3v) is 2.95. The molecule has 0 bridgehead atoms. The number of rotatable bonds is 6. The molecule has 2 rings (SSSR count). The second-order valence-electron chi connectivity index (χ2n) is 4.38. The molecule has 0 aliphatic rings. The quantitative estimate of drug-likeness (QED) is 0.793. The Labute approximate surface area is 115 Å². The molecule has 2 heterocycles. The van der Waals surface area contributed by atoms with Crippen LogP contribution < -0.4 is 5.32 Å². The molecule has 0 aromatic carbocycles. The summed E-state index contributed by atoms with van der Waals surface area (Å²) < 4.78 is 3.29. The monoisotopic (exact) mass is 276 g/mol. The van der Waals surface area contributed by atoms with Gasteiger partial charge in [0.2, 0.25) is 5.91 Å². The van der Waals surface area contributed by atoms with Crippen LogP contribution in [-0.2, 0) is 24.8 Å². The summed E-state index contributed by atoms with van der Waals surface area (Å²) in [6, 6.07) is 3.06. The van der Waals surface area contributed by atoms with E-state index in [2.05, 4.69) is 10.3 Å². The van der Waals surface area contributed by atoms with Crippen LogP contribution in [0.5, 0.6) is 0 Å². The third-order valence-electron chi connectivity index (χ3n) is 2.95. The molecule has 2 N–H and O–H groups in total. The molecule has 0 unspecified atom stereocenters. The van der Waals surface area contributed by atoms with Gasteiger partial charge in [-0.25, -0.2) is 9.78 Å². The van der Waals surface area contributed by atoms with Crippen molar-refractivity contribution in [2.24, 2.45) is 7.05 Å². The molecule has 0 spiro atoms. The first-order chi connectivity index (χ1) is 9.58. The van der Waals surface area contributed by atoms with Gasteiger partial charge in [-0.15, -0.1) is 0 Å². The van der Waals surface area contributed by atoms with Gasteiger partial charge in [-0.2, -0.15) is 0 Å². The number of amides is 1. The maximum atomic E-state index is 11.7. The normalized spacial score (nSPS) is 10.4. The minimum atomic E-state index is -1.05. The van der Waals surface area contributed by atoms with Crippen LogP contribution in [0.2, 0.25) is 0 Å². The molecule has 0 radical (unpaired) electrons. The van der Waals surface area contributed by atoms with E-state index in [4.69, 9.17) is 5.11 Å². The van der Waals surface area contributed by atoms with Crippen LogP contribution in [0, 0.1) is 0 Å². The average Bonchev–Trinajstić information content (AvgIpc) is 2.99. The Morgan fingerprint density at radius 1 is 1.40 bits per heavy atom. The van der Waals surface area contributed by atoms with Crippen molar-refractivity contribution >= 4 is 11.9 Å². The highest BCUT2D eigenvalue weighted by Crippen LogP contribution is 2.02. The van der Waals surface area contributed by atoms with E-state index in [1.54, 1.807) is 18.5 Å². The van der Waals surface area contributed by atoms with E-state index >= 15 is 0 Å². The number of nitrogens with zero attached hydrogens (tertiary/aromatic N) is 3. The zero-order chi connectivity index (χ0) is 14.5. The van der Waals surface area contributed by atoms with Gasteiger partial charge < -0.3 is 19.6 Å². The van der Waals surface area contributed by atoms with Crippen molar-refractivity contribution in [2.45, 2.75) is 13.0 Å². The highest BCUT2D eigenvalue weighted by atomic mass is 16.4. The lowest BCUT2D eigenvalue weighted by Crippen LogP contribution is -2.30. The number of hydrogen-bond donors (Lipinski definition) is 2. The molecule has 0 fully saturated rings. The van der Waals surface area contributed by atoms with E-state index < -0.39 is 5.97 Å². The Hall–Kier alpha value is -2.57. The van der Waals surface area contributed by atoms with E-state index in [0.717, 1.165) is 5.82 Å². The number of hydrogen-bond acceptors (Lipinski definition) is 3. The Balaban J connectivity index is 1.82. The molecule has 2 aromatic heterocycles. The van der Waals surface area contributed by atoms with Crippen molar-refractivity contribution < 1.29 is 14.7 Å². The maximum absolute atomic E-state index is 11.7. The fourth-order valence-corrected chi connectivity index (χ4v) is 1.91. The van der Waals surface area contributed by atoms with Gasteiger partial charge in [0.1, 0.15) is 18.1 Å². The Kier molecular flexibility index (Phi) is 4.19. The molecular formula is C13H16N4O3. The van der Waals surface area contributed by atoms with Crippen molar-refractivity contribution in [1.29, 1.82) is 0 Å². The molecule has 20 heavy (non-hydrogen) atoms. The number of carbonyl (C=O) groups is 2. The van der Waals surface area contributed by atoms with Crippen LogP contribution in [0.4, 0.5) is 0 Å². The second-order valence-corrected chi connectivity index (χ2v) is 4.38. The number of carboxylic acids is 1. The fraction of sp³-hybridized carbons (Fsp3) is 0.308. The van der Waals surface area contributed by atoms with Crippen LogP contribution in [0.15, 0.2) is 30.7 Å². The van der Waals surface area contributed by atoms with E-state index in [9.17, 15) is 9.59 Å². The molecule has 7 nitrogen and oxygen atoms in total. The summed E-state index contributed by atoms with van der Waals surface area (Å²) in [4.78, 5) is 26.8. The number of nitrogens with one attached hydrogen (secondary N) is 1. The predicted molar refractivity (Wildman–Crippen MR) is 71.3 cm³/mol. The third kappa shape index (κ3) is 3.25. The smallest absolute Gasteiger partial charge is 0.352 e. The summed E-state index contributed by atoms with van der Waals surface area (Å²) in [6.45, 7) is 0.461. The lowest BCUT2D eigenvalue weighted by molar-refractivity contribution is -0.121. The van der Waals surface area contributed by atoms with Crippen molar-refractivity contribution in [3.8, 4) is 0 Å². The van der Waals surface area contributed by atoms with Crippen molar-refractivity contribution in [3.63, 3.8) is 0 Å². The summed E-state index contributed by atoms with van der Waals surface area (Å²) >= 11 is 0. The summed E-state index contributed by atoms with van der Waals surface area (Å²) in [5.41, 5.74) is 0.101. The van der Waals surface area contributed by atoms with Gasteiger partial charge in [-0.05, 0) is 12.1 Å². The first kappa shape index (κ1) is 13.9. The van der Waals surface area contributed by atoms with Crippen molar-refractivity contribution in [3.05, 3.63) is 42.2 Å². The van der Waals surface area contributed by atoms with E-state index in [1.807, 2.05) is 17.8 Å². The molecule has 0 saturated carbocycles. The number of aromatic nitrogens is 3. The van der Waals surface area contributed by atoms with Crippen LogP contribution in [0.1, 0.15) is 16.3 Å². The Bertz CT molecular complexity index is 615. The second kappa shape index (κ2) is 6.05. The molecule has 0 aliphatic heterocycles. The zero-order valence-electron chi connectivity index (χ0n) is 11.1. The molecule has 2 aromatic rings. The molecule has 0 saturated heterocycles. The van der Waals surface area contributed by atoms with Crippen LogP contribution >= 0.6 is 0 Å². The predicted octanol–water partition coefficient (Wildman–Crippen LogP) is 0.279. The van der Waals surface area contributed by atoms with E-state index in [0.29, 0.717) is 13.0 Å². The largest absolute Gasteiger partial charge is 0.477 e. The maximum Gasteiger partial charge on any atom is 0.352 e. The fourth-order valence-electron chi connectivity index (χ4n) is 1.91. The van der Waals surface area contributed by atoms with Gasteiger partial charge in [0.25, 0.3) is 0 Å². The van der Waals surface area contributed by atoms with Crippen LogP contribution in [0.3, 0.4) is 0 Å². The minimum absolute atomic E-state index is 0.00476. The summed E-state index contributed by atoms with van der Waals surface area (Å²) in [6.07, 6.45) is 5.75. The van der Waals surface area contributed by atoms with Crippen LogP contribution in [0.25, 0.3) is 0 Å². The van der Waals surface area contributed by atoms with Gasteiger partial charge in [-0.3, -0.25) is 4.79 Å². The van der Waals surface area contributed by atoms with Gasteiger partial charge in [0.05, 0.1) is 0 Å². The standard InChI is InChI=1S/C13H16N4O3/c1-16-8-6-14-11(16)4-5-15-12(18)9-17-7-2-3-10(17)13(19)20/h2-3,6-8H,4-5,9H2,1H3,(H,15,18)(H,19,20). The molecule has 7 heteroatoms. The summed E-state index contributed by atoms with van der Waals surface area (Å²) in [5.74, 6) is -0.383. The number of carbonyl (C=O) groups excluding carboxylic acids is 1. The van der Waals surface area contributed by atoms with Crippen LogP contribution in [-0.4, -0.2) is 37.6 Å².